The molecule has 0 unspecified atom stereocenters. The first-order valence-corrected chi connectivity index (χ1v) is 5.92. The molecular formula is C11H13BrClNO2. The van der Waals surface area contributed by atoms with E-state index < -0.39 is 5.60 Å². The molecule has 0 radical (unpaired) electrons. The van der Waals surface area contributed by atoms with E-state index in [9.17, 15) is 9.90 Å². The molecular weight excluding hydrogens is 293 g/mol. The third kappa shape index (κ3) is 4.12. The molecule has 0 bridgehead atoms. The van der Waals surface area contributed by atoms with Gasteiger partial charge in [0.15, 0.2) is 0 Å². The first-order chi connectivity index (χ1) is 7.29. The number of amides is 1. The van der Waals surface area contributed by atoms with Gasteiger partial charge in [-0.25, -0.2) is 0 Å². The van der Waals surface area contributed by atoms with Gasteiger partial charge in [-0.2, -0.15) is 0 Å². The maximum absolute atomic E-state index is 11.7. The molecule has 2 N–H and O–H groups in total. The summed E-state index contributed by atoms with van der Waals surface area (Å²) in [4.78, 5) is 11.7. The smallest absolute Gasteiger partial charge is 0.252 e. The monoisotopic (exact) mass is 305 g/mol. The Morgan fingerprint density at radius 2 is 2.19 bits per heavy atom. The number of halogens is 2. The van der Waals surface area contributed by atoms with Gasteiger partial charge in [0, 0.05) is 11.0 Å². The molecule has 1 amide bonds. The standard InChI is InChI=1S/C11H13BrClNO2/c1-11(2,16)6-14-10(15)8-5-7(12)3-4-9(8)13/h3-5,16H,6H2,1-2H3,(H,14,15). The Bertz CT molecular complexity index is 401. The van der Waals surface area contributed by atoms with E-state index in [0.717, 1.165) is 4.47 Å². The van der Waals surface area contributed by atoms with Crippen molar-refractivity contribution in [3.05, 3.63) is 33.3 Å². The molecule has 1 aromatic carbocycles. The summed E-state index contributed by atoms with van der Waals surface area (Å²) < 4.78 is 0.783. The van der Waals surface area contributed by atoms with Gasteiger partial charge < -0.3 is 10.4 Å². The molecule has 0 aliphatic heterocycles. The van der Waals surface area contributed by atoms with Gasteiger partial charge in [-0.15, -0.1) is 0 Å². The molecule has 1 aromatic rings. The van der Waals surface area contributed by atoms with E-state index in [1.165, 1.54) is 0 Å². The predicted molar refractivity (Wildman–Crippen MR) is 67.8 cm³/mol. The second kappa shape index (κ2) is 5.17. The average Bonchev–Trinajstić information content (AvgIpc) is 2.17. The van der Waals surface area contributed by atoms with Crippen molar-refractivity contribution in [3.8, 4) is 0 Å². The van der Waals surface area contributed by atoms with Gasteiger partial charge in [0.05, 0.1) is 16.2 Å². The molecule has 16 heavy (non-hydrogen) atoms. The molecule has 1 rings (SSSR count). The molecule has 0 aromatic heterocycles. The van der Waals surface area contributed by atoms with Crippen LogP contribution in [0.1, 0.15) is 24.2 Å². The van der Waals surface area contributed by atoms with Crippen LogP contribution in [-0.4, -0.2) is 23.2 Å². The van der Waals surface area contributed by atoms with Crippen molar-refractivity contribution >= 4 is 33.4 Å². The topological polar surface area (TPSA) is 49.3 Å². The lowest BCUT2D eigenvalue weighted by atomic mass is 10.1. The zero-order valence-corrected chi connectivity index (χ0v) is 11.4. The molecule has 0 saturated heterocycles. The Hall–Kier alpha value is -0.580. The normalized spacial score (nSPS) is 11.3. The van der Waals surface area contributed by atoms with E-state index in [4.69, 9.17) is 11.6 Å². The maximum Gasteiger partial charge on any atom is 0.252 e. The molecule has 0 fully saturated rings. The fraction of sp³-hybridized carbons (Fsp3) is 0.364. The quantitative estimate of drug-likeness (QED) is 0.902. The highest BCUT2D eigenvalue weighted by atomic mass is 79.9. The van der Waals surface area contributed by atoms with Gasteiger partial charge in [-0.05, 0) is 32.0 Å². The summed E-state index contributed by atoms with van der Waals surface area (Å²) in [7, 11) is 0. The first-order valence-electron chi connectivity index (χ1n) is 4.75. The highest BCUT2D eigenvalue weighted by Crippen LogP contribution is 2.20. The summed E-state index contributed by atoms with van der Waals surface area (Å²) in [5.41, 5.74) is -0.547. The second-order valence-electron chi connectivity index (χ2n) is 4.12. The van der Waals surface area contributed by atoms with Gasteiger partial charge in [0.2, 0.25) is 0 Å². The number of hydrogen-bond donors (Lipinski definition) is 2. The third-order valence-electron chi connectivity index (χ3n) is 1.85. The molecule has 0 saturated carbocycles. The SMILES string of the molecule is CC(C)(O)CNC(=O)c1cc(Br)ccc1Cl. The zero-order valence-electron chi connectivity index (χ0n) is 9.05. The lowest BCUT2D eigenvalue weighted by Crippen LogP contribution is -2.38. The van der Waals surface area contributed by atoms with E-state index >= 15 is 0 Å². The van der Waals surface area contributed by atoms with Crippen LogP contribution in [0.4, 0.5) is 0 Å². The van der Waals surface area contributed by atoms with Crippen LogP contribution < -0.4 is 5.32 Å². The van der Waals surface area contributed by atoms with Crippen LogP contribution in [0.15, 0.2) is 22.7 Å². The fourth-order valence-electron chi connectivity index (χ4n) is 1.06. The molecule has 0 aliphatic carbocycles. The Kier molecular flexibility index (Phi) is 4.35. The van der Waals surface area contributed by atoms with Crippen LogP contribution in [0.25, 0.3) is 0 Å². The van der Waals surface area contributed by atoms with Crippen LogP contribution >= 0.6 is 27.5 Å². The third-order valence-corrected chi connectivity index (χ3v) is 2.68. The van der Waals surface area contributed by atoms with Crippen molar-refractivity contribution in [2.24, 2.45) is 0 Å². The molecule has 88 valence electrons. The number of aliphatic hydroxyl groups is 1. The van der Waals surface area contributed by atoms with E-state index in [1.54, 1.807) is 32.0 Å². The Labute approximate surface area is 108 Å². The van der Waals surface area contributed by atoms with Crippen LogP contribution in [0.5, 0.6) is 0 Å². The Morgan fingerprint density at radius 3 is 2.75 bits per heavy atom. The summed E-state index contributed by atoms with van der Waals surface area (Å²) in [6.07, 6.45) is 0. The van der Waals surface area contributed by atoms with E-state index in [0.29, 0.717) is 10.6 Å². The van der Waals surface area contributed by atoms with E-state index in [1.807, 2.05) is 0 Å². The fourth-order valence-corrected chi connectivity index (χ4v) is 1.63. The highest BCUT2D eigenvalue weighted by Gasteiger charge is 2.16. The molecule has 0 aliphatic rings. The minimum atomic E-state index is -0.936. The molecule has 0 atom stereocenters. The van der Waals surface area contributed by atoms with Crippen molar-refractivity contribution < 1.29 is 9.90 Å². The lowest BCUT2D eigenvalue weighted by molar-refractivity contribution is 0.0694. The summed E-state index contributed by atoms with van der Waals surface area (Å²) in [5.74, 6) is -0.298. The van der Waals surface area contributed by atoms with Crippen LogP contribution in [0.2, 0.25) is 5.02 Å². The van der Waals surface area contributed by atoms with Gasteiger partial charge in [0.1, 0.15) is 0 Å². The number of rotatable bonds is 3. The van der Waals surface area contributed by atoms with Crippen LogP contribution in [0, 0.1) is 0 Å². The highest BCUT2D eigenvalue weighted by molar-refractivity contribution is 9.10. The van der Waals surface area contributed by atoms with Crippen molar-refractivity contribution in [1.29, 1.82) is 0 Å². The molecule has 0 heterocycles. The number of hydrogen-bond acceptors (Lipinski definition) is 2. The average molecular weight is 307 g/mol. The Balaban J connectivity index is 2.77. The van der Waals surface area contributed by atoms with Crippen molar-refractivity contribution in [3.63, 3.8) is 0 Å². The second-order valence-corrected chi connectivity index (χ2v) is 5.44. The first kappa shape index (κ1) is 13.5. The maximum atomic E-state index is 11.7. The van der Waals surface area contributed by atoms with E-state index in [-0.39, 0.29) is 12.5 Å². The van der Waals surface area contributed by atoms with Crippen molar-refractivity contribution in [2.75, 3.05) is 6.54 Å². The number of carbonyl (C=O) groups is 1. The van der Waals surface area contributed by atoms with Gasteiger partial charge in [-0.1, -0.05) is 27.5 Å². The predicted octanol–water partition coefficient (Wildman–Crippen LogP) is 2.60. The minimum Gasteiger partial charge on any atom is -0.389 e. The van der Waals surface area contributed by atoms with E-state index in [2.05, 4.69) is 21.2 Å². The summed E-state index contributed by atoms with van der Waals surface area (Å²) in [6, 6.07) is 5.04. The van der Waals surface area contributed by atoms with Crippen LogP contribution in [0.3, 0.4) is 0 Å². The molecule has 5 heteroatoms. The van der Waals surface area contributed by atoms with Crippen molar-refractivity contribution in [2.45, 2.75) is 19.4 Å². The zero-order chi connectivity index (χ0) is 12.3. The lowest BCUT2D eigenvalue weighted by Gasteiger charge is -2.17. The van der Waals surface area contributed by atoms with Gasteiger partial charge in [0.25, 0.3) is 5.91 Å². The van der Waals surface area contributed by atoms with Crippen LogP contribution in [-0.2, 0) is 0 Å². The summed E-state index contributed by atoms with van der Waals surface area (Å²) >= 11 is 9.16. The van der Waals surface area contributed by atoms with Crippen molar-refractivity contribution in [1.82, 2.24) is 5.32 Å². The molecule has 0 spiro atoms. The molecule has 3 nitrogen and oxygen atoms in total. The Morgan fingerprint density at radius 1 is 1.56 bits per heavy atom. The number of nitrogens with one attached hydrogen (secondary N) is 1. The summed E-state index contributed by atoms with van der Waals surface area (Å²) in [6.45, 7) is 3.42. The summed E-state index contributed by atoms with van der Waals surface area (Å²) in [5, 5.41) is 12.5. The number of benzene rings is 1. The number of carbonyl (C=O) groups excluding carboxylic acids is 1. The van der Waals surface area contributed by atoms with Gasteiger partial charge in [-0.3, -0.25) is 4.79 Å². The minimum absolute atomic E-state index is 0.175. The largest absolute Gasteiger partial charge is 0.389 e. The van der Waals surface area contributed by atoms with Gasteiger partial charge >= 0.3 is 0 Å².